The van der Waals surface area contributed by atoms with Gasteiger partial charge in [-0.25, -0.2) is 47.9 Å². The standard InChI is InChI=1S/C13H3F9O2S/c1-2-3(14)8(19)12(9(20)4(2)15)25(23,24)13-10(21)6(17)5(16)7(18)11(13)22/h1H3. The van der Waals surface area contributed by atoms with Crippen LogP contribution < -0.4 is 0 Å². The summed E-state index contributed by atoms with van der Waals surface area (Å²) in [6.45, 7) is 0.519. The second-order valence-electron chi connectivity index (χ2n) is 4.61. The van der Waals surface area contributed by atoms with Crippen LogP contribution in [0.2, 0.25) is 0 Å². The van der Waals surface area contributed by atoms with Crippen LogP contribution in [-0.4, -0.2) is 8.42 Å². The summed E-state index contributed by atoms with van der Waals surface area (Å²) in [4.78, 5) is -5.18. The molecular weight excluding hydrogens is 391 g/mol. The van der Waals surface area contributed by atoms with Gasteiger partial charge in [-0.15, -0.1) is 0 Å². The smallest absolute Gasteiger partial charge is 0.218 e. The predicted molar refractivity (Wildman–Crippen MR) is 62.7 cm³/mol. The summed E-state index contributed by atoms with van der Waals surface area (Å²) in [5, 5.41) is 0. The van der Waals surface area contributed by atoms with Gasteiger partial charge in [-0.3, -0.25) is 0 Å². The SMILES string of the molecule is Cc1c(F)c(F)c(S(=O)(=O)c2c(F)c(F)c(F)c(F)c2F)c(F)c1F. The maximum atomic E-state index is 13.8. The molecule has 0 bridgehead atoms. The van der Waals surface area contributed by atoms with Gasteiger partial charge in [-0.1, -0.05) is 0 Å². The first-order valence-electron chi connectivity index (χ1n) is 5.94. The fraction of sp³-hybridized carbons (Fsp3) is 0.0769. The Kier molecular flexibility index (Phi) is 4.53. The summed E-state index contributed by atoms with van der Waals surface area (Å²) < 4.78 is 145. The van der Waals surface area contributed by atoms with Gasteiger partial charge < -0.3 is 0 Å². The van der Waals surface area contributed by atoms with Crippen LogP contribution in [0.4, 0.5) is 39.5 Å². The molecule has 0 aromatic heterocycles. The van der Waals surface area contributed by atoms with Crippen LogP contribution in [0.15, 0.2) is 9.79 Å². The van der Waals surface area contributed by atoms with Gasteiger partial charge in [0.2, 0.25) is 15.7 Å². The molecule has 0 unspecified atom stereocenters. The summed E-state index contributed by atoms with van der Waals surface area (Å²) >= 11 is 0. The van der Waals surface area contributed by atoms with E-state index in [1.54, 1.807) is 0 Å². The highest BCUT2D eigenvalue weighted by molar-refractivity contribution is 7.91. The zero-order valence-corrected chi connectivity index (χ0v) is 12.4. The Morgan fingerprint density at radius 3 is 1.04 bits per heavy atom. The van der Waals surface area contributed by atoms with E-state index >= 15 is 0 Å². The van der Waals surface area contributed by atoms with E-state index in [9.17, 15) is 47.9 Å². The van der Waals surface area contributed by atoms with Crippen LogP contribution >= 0.6 is 0 Å². The molecule has 2 rings (SSSR count). The second-order valence-corrected chi connectivity index (χ2v) is 6.44. The van der Waals surface area contributed by atoms with Gasteiger partial charge in [-0.2, -0.15) is 0 Å². The number of hydrogen-bond acceptors (Lipinski definition) is 2. The Bertz CT molecular complexity index is 882. The second kappa shape index (κ2) is 5.93. The molecule has 12 heteroatoms. The normalized spacial score (nSPS) is 11.9. The fourth-order valence-electron chi connectivity index (χ4n) is 1.88. The molecule has 0 N–H and O–H groups in total. The Balaban J connectivity index is 3.02. The van der Waals surface area contributed by atoms with E-state index in [-0.39, 0.29) is 0 Å². The summed E-state index contributed by atoms with van der Waals surface area (Å²) in [5.41, 5.74) is -1.30. The average Bonchev–Trinajstić information content (AvgIpc) is 2.54. The molecule has 0 aliphatic carbocycles. The van der Waals surface area contributed by atoms with Crippen LogP contribution in [0.1, 0.15) is 5.56 Å². The van der Waals surface area contributed by atoms with Crippen molar-refractivity contribution in [3.8, 4) is 0 Å². The van der Waals surface area contributed by atoms with Crippen molar-refractivity contribution < 1.29 is 47.9 Å². The summed E-state index contributed by atoms with van der Waals surface area (Å²) in [6.07, 6.45) is 0. The van der Waals surface area contributed by atoms with Gasteiger partial charge in [0.15, 0.2) is 46.5 Å². The van der Waals surface area contributed by atoms with Gasteiger partial charge in [0.05, 0.1) is 0 Å². The molecule has 0 spiro atoms. The summed E-state index contributed by atoms with van der Waals surface area (Å²) in [6, 6.07) is 0. The Hall–Kier alpha value is -2.24. The molecule has 0 saturated heterocycles. The van der Waals surface area contributed by atoms with Gasteiger partial charge in [-0.05, 0) is 6.92 Å². The predicted octanol–water partition coefficient (Wildman–Crippen LogP) is 4.08. The van der Waals surface area contributed by atoms with E-state index in [1.165, 1.54) is 0 Å². The van der Waals surface area contributed by atoms with Crippen LogP contribution in [0.3, 0.4) is 0 Å². The maximum absolute atomic E-state index is 13.8. The van der Waals surface area contributed by atoms with Crippen molar-refractivity contribution in [2.45, 2.75) is 16.7 Å². The third-order valence-electron chi connectivity index (χ3n) is 3.15. The quantitative estimate of drug-likeness (QED) is 0.333. The third kappa shape index (κ3) is 2.55. The van der Waals surface area contributed by atoms with E-state index < -0.39 is 77.5 Å². The molecule has 0 aliphatic rings. The first-order chi connectivity index (χ1) is 11.4. The lowest BCUT2D eigenvalue weighted by molar-refractivity contribution is 0.356. The zero-order chi connectivity index (χ0) is 19.4. The fourth-order valence-corrected chi connectivity index (χ4v) is 3.39. The van der Waals surface area contributed by atoms with Gasteiger partial charge in [0.25, 0.3) is 0 Å². The maximum Gasteiger partial charge on any atom is 0.218 e. The molecule has 2 nitrogen and oxygen atoms in total. The van der Waals surface area contributed by atoms with Crippen LogP contribution in [0, 0.1) is 59.3 Å². The first kappa shape index (κ1) is 19.1. The van der Waals surface area contributed by atoms with Crippen molar-refractivity contribution in [1.82, 2.24) is 0 Å². The number of rotatable bonds is 2. The van der Waals surface area contributed by atoms with E-state index in [0.717, 1.165) is 0 Å². The number of benzene rings is 2. The van der Waals surface area contributed by atoms with Crippen molar-refractivity contribution >= 4 is 9.84 Å². The molecule has 2 aromatic carbocycles. The molecule has 0 saturated carbocycles. The lowest BCUT2D eigenvalue weighted by Crippen LogP contribution is -2.18. The largest absolute Gasteiger partial charge is 0.218 e. The molecule has 0 amide bonds. The Morgan fingerprint density at radius 2 is 0.720 bits per heavy atom. The summed E-state index contributed by atoms with van der Waals surface area (Å²) in [7, 11) is -6.21. The number of sulfone groups is 1. The van der Waals surface area contributed by atoms with Crippen molar-refractivity contribution in [2.24, 2.45) is 0 Å². The van der Waals surface area contributed by atoms with E-state index in [4.69, 9.17) is 0 Å². The zero-order valence-electron chi connectivity index (χ0n) is 11.6. The average molecular weight is 394 g/mol. The minimum Gasteiger partial charge on any atom is -0.218 e. The highest BCUT2D eigenvalue weighted by Gasteiger charge is 2.40. The third-order valence-corrected chi connectivity index (χ3v) is 4.94. The van der Waals surface area contributed by atoms with Gasteiger partial charge in [0, 0.05) is 5.56 Å². The molecule has 2 aromatic rings. The molecule has 0 fully saturated rings. The van der Waals surface area contributed by atoms with Gasteiger partial charge >= 0.3 is 0 Å². The van der Waals surface area contributed by atoms with Gasteiger partial charge in [0.1, 0.15) is 9.79 Å². The monoisotopic (exact) mass is 394 g/mol. The first-order valence-corrected chi connectivity index (χ1v) is 7.43. The van der Waals surface area contributed by atoms with Crippen LogP contribution in [0.25, 0.3) is 0 Å². The lowest BCUT2D eigenvalue weighted by atomic mass is 10.2. The molecule has 0 radical (unpaired) electrons. The molecular formula is C13H3F9O2S. The van der Waals surface area contributed by atoms with E-state index in [2.05, 4.69) is 0 Å². The van der Waals surface area contributed by atoms with Crippen molar-refractivity contribution in [3.05, 3.63) is 57.9 Å². The molecule has 0 aliphatic heterocycles. The van der Waals surface area contributed by atoms with Crippen LogP contribution in [-0.2, 0) is 9.84 Å². The molecule has 136 valence electrons. The molecule has 25 heavy (non-hydrogen) atoms. The van der Waals surface area contributed by atoms with Crippen LogP contribution in [0.5, 0.6) is 0 Å². The van der Waals surface area contributed by atoms with E-state index in [0.29, 0.717) is 6.92 Å². The highest BCUT2D eigenvalue weighted by Crippen LogP contribution is 2.35. The lowest BCUT2D eigenvalue weighted by Gasteiger charge is -2.12. The van der Waals surface area contributed by atoms with Crippen molar-refractivity contribution in [3.63, 3.8) is 0 Å². The summed E-state index contributed by atoms with van der Waals surface area (Å²) in [5.74, 6) is -23.7. The minimum atomic E-state index is -6.21. The Morgan fingerprint density at radius 1 is 0.480 bits per heavy atom. The number of halogens is 9. The van der Waals surface area contributed by atoms with E-state index in [1.807, 2.05) is 0 Å². The minimum absolute atomic E-state index is 0.519. The molecule has 0 atom stereocenters. The molecule has 0 heterocycles. The topological polar surface area (TPSA) is 34.1 Å². The number of hydrogen-bond donors (Lipinski definition) is 0. The van der Waals surface area contributed by atoms with Crippen molar-refractivity contribution in [2.75, 3.05) is 0 Å². The Labute approximate surface area is 133 Å². The van der Waals surface area contributed by atoms with Crippen molar-refractivity contribution in [1.29, 1.82) is 0 Å². The highest BCUT2D eigenvalue weighted by atomic mass is 32.2.